The van der Waals surface area contributed by atoms with Gasteiger partial charge in [-0.3, -0.25) is 5.43 Å². The van der Waals surface area contributed by atoms with E-state index in [1.54, 1.807) is 36.3 Å². The van der Waals surface area contributed by atoms with Gasteiger partial charge in [0.15, 0.2) is 11.6 Å². The molecule has 3 N–H and O–H groups in total. The molecule has 2 amide bonds. The minimum absolute atomic E-state index is 0.0645. The van der Waals surface area contributed by atoms with Gasteiger partial charge in [-0.1, -0.05) is 17.7 Å². The number of alkyl halides is 3. The maximum Gasteiger partial charge on any atom is 0.417 e. The first-order valence-electron chi connectivity index (χ1n) is 11.2. The number of amides is 2. The normalized spacial score (nSPS) is 12.1. The van der Waals surface area contributed by atoms with Crippen LogP contribution in [-0.4, -0.2) is 31.0 Å². The number of aromatic nitrogens is 5. The highest BCUT2D eigenvalue weighted by Gasteiger charge is 2.33. The Bertz CT molecular complexity index is 1580. The molecule has 5 rings (SSSR count). The fourth-order valence-corrected chi connectivity index (χ4v) is 3.91. The lowest BCUT2D eigenvalue weighted by Gasteiger charge is -2.24. The number of hydrazine groups is 1. The number of halogens is 4. The van der Waals surface area contributed by atoms with Crippen LogP contribution >= 0.6 is 11.6 Å². The molecule has 0 saturated heterocycles. The largest absolute Gasteiger partial charge is 0.417 e. The summed E-state index contributed by atoms with van der Waals surface area (Å²) in [5, 5.41) is 6.16. The highest BCUT2D eigenvalue weighted by molar-refractivity contribution is 6.31. The second kappa shape index (κ2) is 9.41. The Hall–Kier alpha value is -4.52. The van der Waals surface area contributed by atoms with Crippen molar-refractivity contribution in [1.82, 2.24) is 24.9 Å². The van der Waals surface area contributed by atoms with Crippen molar-refractivity contribution in [3.8, 4) is 11.6 Å². The zero-order valence-electron chi connectivity index (χ0n) is 20.1. The summed E-state index contributed by atoms with van der Waals surface area (Å²) in [5.74, 6) is 2.03. The molecule has 0 unspecified atom stereocenters. The smallest absolute Gasteiger partial charge is 0.308 e. The Morgan fingerprint density at radius 1 is 0.895 bits per heavy atom. The monoisotopic (exact) mass is 541 g/mol. The Kier molecular flexibility index (Phi) is 6.23. The molecule has 0 aliphatic carbocycles. The molecule has 1 aliphatic rings. The molecule has 194 valence electrons. The molecule has 0 spiro atoms. The number of anilines is 5. The zero-order chi connectivity index (χ0) is 27.2. The van der Waals surface area contributed by atoms with E-state index in [9.17, 15) is 18.0 Å². The summed E-state index contributed by atoms with van der Waals surface area (Å²) in [5.41, 5.74) is 4.69. The fraction of sp³-hybridized carbons (Fsp3) is 0.167. The average Bonchev–Trinajstić information content (AvgIpc) is 2.92. The van der Waals surface area contributed by atoms with Crippen LogP contribution in [0.4, 0.5) is 46.8 Å². The van der Waals surface area contributed by atoms with E-state index in [0.717, 1.165) is 23.3 Å². The van der Waals surface area contributed by atoms with E-state index in [1.165, 1.54) is 6.07 Å². The van der Waals surface area contributed by atoms with Crippen LogP contribution in [0.5, 0.6) is 0 Å². The van der Waals surface area contributed by atoms with Gasteiger partial charge in [0.1, 0.15) is 5.82 Å². The van der Waals surface area contributed by atoms with Gasteiger partial charge in [0.05, 0.1) is 16.3 Å². The Morgan fingerprint density at radius 3 is 2.34 bits per heavy atom. The van der Waals surface area contributed by atoms with Gasteiger partial charge in [0, 0.05) is 23.1 Å². The number of hydrogen-bond acceptors (Lipinski definition) is 8. The van der Waals surface area contributed by atoms with Crippen molar-refractivity contribution in [1.29, 1.82) is 0 Å². The second-order valence-electron chi connectivity index (χ2n) is 8.45. The number of benzene rings is 2. The van der Waals surface area contributed by atoms with Crippen molar-refractivity contribution >= 4 is 46.5 Å². The molecule has 3 heterocycles. The number of aryl methyl sites for hydroxylation is 3. The maximum atomic E-state index is 13.2. The van der Waals surface area contributed by atoms with Gasteiger partial charge in [-0.15, -0.1) is 0 Å². The highest BCUT2D eigenvalue weighted by atomic mass is 35.5. The molecule has 0 radical (unpaired) electrons. The van der Waals surface area contributed by atoms with Gasteiger partial charge in [0.2, 0.25) is 5.82 Å². The predicted molar refractivity (Wildman–Crippen MR) is 136 cm³/mol. The van der Waals surface area contributed by atoms with Crippen LogP contribution < -0.4 is 21.1 Å². The average molecular weight is 542 g/mol. The summed E-state index contributed by atoms with van der Waals surface area (Å²) in [7, 11) is 0. The van der Waals surface area contributed by atoms with Crippen molar-refractivity contribution in [2.24, 2.45) is 0 Å². The summed E-state index contributed by atoms with van der Waals surface area (Å²) in [6.45, 7) is 5.44. The predicted octanol–water partition coefficient (Wildman–Crippen LogP) is 6.05. The third kappa shape index (κ3) is 5.00. The van der Waals surface area contributed by atoms with Crippen LogP contribution in [0.2, 0.25) is 5.02 Å². The number of carbonyl (C=O) groups is 1. The number of hydrogen-bond donors (Lipinski definition) is 3. The molecule has 14 heteroatoms. The van der Waals surface area contributed by atoms with E-state index in [4.69, 9.17) is 11.6 Å². The molecule has 2 aromatic heterocycles. The van der Waals surface area contributed by atoms with Crippen molar-refractivity contribution in [2.75, 3.05) is 21.1 Å². The summed E-state index contributed by atoms with van der Waals surface area (Å²) in [6.07, 6.45) is -2.99. The topological polar surface area (TPSA) is 121 Å². The lowest BCUT2D eigenvalue weighted by molar-refractivity contribution is -0.137. The Labute approximate surface area is 219 Å². The molecule has 38 heavy (non-hydrogen) atoms. The van der Waals surface area contributed by atoms with Gasteiger partial charge in [-0.2, -0.15) is 23.1 Å². The quantitative estimate of drug-likeness (QED) is 0.285. The zero-order valence-corrected chi connectivity index (χ0v) is 20.9. The van der Waals surface area contributed by atoms with Crippen LogP contribution in [0.3, 0.4) is 0 Å². The molecule has 4 aromatic rings. The van der Waals surface area contributed by atoms with Crippen LogP contribution in [0.25, 0.3) is 11.6 Å². The molecule has 0 saturated carbocycles. The van der Waals surface area contributed by atoms with Gasteiger partial charge in [-0.05, 0) is 56.7 Å². The van der Waals surface area contributed by atoms with Gasteiger partial charge >= 0.3 is 12.2 Å². The van der Waals surface area contributed by atoms with E-state index in [0.29, 0.717) is 40.6 Å². The van der Waals surface area contributed by atoms with E-state index in [1.807, 2.05) is 13.8 Å². The van der Waals surface area contributed by atoms with Crippen molar-refractivity contribution in [3.63, 3.8) is 0 Å². The summed E-state index contributed by atoms with van der Waals surface area (Å²) in [6, 6.07) is 7.47. The SMILES string of the molecule is Cc1nc2nc(n1)N(Nc1cc(NC(=O)Nc3ccc(Cl)c(C(F)(F)F)c3)ccc1C)c1nc-2ncc1C. The Balaban J connectivity index is 1.39. The molecule has 2 aromatic carbocycles. The molecule has 0 atom stereocenters. The minimum atomic E-state index is -4.66. The van der Waals surface area contributed by atoms with Crippen molar-refractivity contribution in [3.05, 3.63) is 70.1 Å². The first kappa shape index (κ1) is 25.1. The summed E-state index contributed by atoms with van der Waals surface area (Å²) in [4.78, 5) is 34.6. The number of rotatable bonds is 4. The minimum Gasteiger partial charge on any atom is -0.308 e. The standard InChI is InChI=1S/C24H19ClF3N9O/c1-11-4-5-15(33-23(38)32-14-6-7-17(25)16(8-14)24(26,27)28)9-18(11)36-37-21-12(2)10-29-19(34-21)20-30-13(3)31-22(37)35-20/h4-10,36H,1-3H3,(H2,32,33,38). The number of carbonyl (C=O) groups excluding carboxylic acids is 1. The number of urea groups is 1. The number of nitrogens with zero attached hydrogens (tertiary/aromatic N) is 6. The second-order valence-corrected chi connectivity index (χ2v) is 8.86. The first-order valence-corrected chi connectivity index (χ1v) is 11.5. The fourth-order valence-electron chi connectivity index (χ4n) is 3.69. The molecular formula is C24H19ClF3N9O. The highest BCUT2D eigenvalue weighted by Crippen LogP contribution is 2.36. The molecular weight excluding hydrogens is 523 g/mol. The van der Waals surface area contributed by atoms with Gasteiger partial charge in [-0.25, -0.2) is 24.8 Å². The molecule has 4 bridgehead atoms. The van der Waals surface area contributed by atoms with E-state index in [-0.39, 0.29) is 5.69 Å². The van der Waals surface area contributed by atoms with Gasteiger partial charge < -0.3 is 10.6 Å². The van der Waals surface area contributed by atoms with Gasteiger partial charge in [0.25, 0.3) is 5.95 Å². The number of fused-ring (bicyclic) bond motifs is 5. The molecule has 10 nitrogen and oxygen atoms in total. The number of nitrogens with one attached hydrogen (secondary N) is 3. The third-order valence-electron chi connectivity index (χ3n) is 5.55. The summed E-state index contributed by atoms with van der Waals surface area (Å²) < 4.78 is 39.5. The molecule has 1 aliphatic heterocycles. The summed E-state index contributed by atoms with van der Waals surface area (Å²) >= 11 is 5.65. The molecule has 0 fully saturated rings. The van der Waals surface area contributed by atoms with Crippen LogP contribution in [0.15, 0.2) is 42.6 Å². The van der Waals surface area contributed by atoms with E-state index >= 15 is 0 Å². The maximum absolute atomic E-state index is 13.2. The third-order valence-corrected chi connectivity index (χ3v) is 5.88. The first-order chi connectivity index (χ1) is 18.0. The Morgan fingerprint density at radius 2 is 1.61 bits per heavy atom. The van der Waals surface area contributed by atoms with Crippen molar-refractivity contribution in [2.45, 2.75) is 26.9 Å². The lowest BCUT2D eigenvalue weighted by atomic mass is 10.2. The lowest BCUT2D eigenvalue weighted by Crippen LogP contribution is -2.28. The van der Waals surface area contributed by atoms with E-state index < -0.39 is 22.8 Å². The van der Waals surface area contributed by atoms with E-state index in [2.05, 4.69) is 41.0 Å². The van der Waals surface area contributed by atoms with Crippen LogP contribution in [-0.2, 0) is 6.18 Å². The van der Waals surface area contributed by atoms with Crippen LogP contribution in [0.1, 0.15) is 22.5 Å². The van der Waals surface area contributed by atoms with Crippen LogP contribution in [0, 0.1) is 20.8 Å². The van der Waals surface area contributed by atoms with Crippen molar-refractivity contribution < 1.29 is 18.0 Å².